The number of methoxy groups -OCH3 is 2. The summed E-state index contributed by atoms with van der Waals surface area (Å²) in [6, 6.07) is 12.9. The molecule has 35 heavy (non-hydrogen) atoms. The summed E-state index contributed by atoms with van der Waals surface area (Å²) in [7, 11) is 3.14. The fourth-order valence-corrected chi connectivity index (χ4v) is 4.38. The summed E-state index contributed by atoms with van der Waals surface area (Å²) < 4.78 is 23.0. The minimum Gasteiger partial charge on any atom is -0.493 e. The number of carbonyl (C=O) groups excluding carboxylic acids is 1. The summed E-state index contributed by atoms with van der Waals surface area (Å²) in [6.07, 6.45) is 3.15. The number of aryl methyl sites for hydroxylation is 1. The fraction of sp³-hybridized carbons (Fsp3) is 0.160. The molecule has 0 bridgehead atoms. The summed E-state index contributed by atoms with van der Waals surface area (Å²) in [4.78, 5) is 17.4. The first-order valence-corrected chi connectivity index (χ1v) is 11.6. The maximum atomic E-state index is 12.7. The molecule has 0 atom stereocenters. The topological polar surface area (TPSA) is 96.7 Å². The van der Waals surface area contributed by atoms with E-state index in [1.54, 1.807) is 43.2 Å². The van der Waals surface area contributed by atoms with Gasteiger partial charge in [-0.15, -0.1) is 11.3 Å². The Hall–Kier alpha value is -4.31. The van der Waals surface area contributed by atoms with Crippen LogP contribution in [0.15, 0.2) is 53.9 Å². The lowest BCUT2D eigenvalue weighted by Crippen LogP contribution is -2.12. The Bertz CT molecular complexity index is 1430. The van der Waals surface area contributed by atoms with Gasteiger partial charge in [-0.25, -0.2) is 4.98 Å². The average Bonchev–Trinajstić information content (AvgIpc) is 3.61. The highest BCUT2D eigenvalue weighted by atomic mass is 32.1. The van der Waals surface area contributed by atoms with E-state index in [-0.39, 0.29) is 12.7 Å². The van der Waals surface area contributed by atoms with Crippen molar-refractivity contribution < 1.29 is 23.7 Å². The molecule has 2 aromatic heterocycles. The summed E-state index contributed by atoms with van der Waals surface area (Å²) in [5.41, 5.74) is 3.24. The third-order valence-electron chi connectivity index (χ3n) is 5.26. The van der Waals surface area contributed by atoms with Gasteiger partial charge in [0.2, 0.25) is 17.8 Å². The van der Waals surface area contributed by atoms with Crippen LogP contribution in [0.25, 0.3) is 22.5 Å². The van der Waals surface area contributed by atoms with Crippen LogP contribution in [0.4, 0.5) is 5.82 Å². The number of benzene rings is 2. The molecule has 3 heterocycles. The molecule has 1 N–H and O–H groups in total. The van der Waals surface area contributed by atoms with Crippen LogP contribution in [0.5, 0.6) is 23.0 Å². The Kier molecular flexibility index (Phi) is 6.11. The Balaban J connectivity index is 1.33. The van der Waals surface area contributed by atoms with Crippen molar-refractivity contribution >= 4 is 29.1 Å². The monoisotopic (exact) mass is 490 g/mol. The minimum absolute atomic E-state index is 0.219. The Morgan fingerprint density at radius 3 is 2.74 bits per heavy atom. The molecule has 10 heteroatoms. The Morgan fingerprint density at radius 1 is 1.09 bits per heavy atom. The van der Waals surface area contributed by atoms with Crippen molar-refractivity contribution in [3.8, 4) is 39.4 Å². The van der Waals surface area contributed by atoms with Gasteiger partial charge in [-0.3, -0.25) is 4.79 Å². The number of ether oxygens (including phenoxy) is 4. The molecule has 0 radical (unpaired) electrons. The van der Waals surface area contributed by atoms with E-state index in [0.717, 1.165) is 28.3 Å². The molecule has 1 aliphatic heterocycles. The van der Waals surface area contributed by atoms with E-state index in [2.05, 4.69) is 10.4 Å². The molecule has 5 rings (SSSR count). The lowest BCUT2D eigenvalue weighted by atomic mass is 10.1. The normalized spacial score (nSPS) is 12.2. The zero-order valence-electron chi connectivity index (χ0n) is 19.3. The third kappa shape index (κ3) is 4.69. The van der Waals surface area contributed by atoms with Crippen molar-refractivity contribution in [1.82, 2.24) is 14.8 Å². The second kappa shape index (κ2) is 9.51. The second-order valence-electron chi connectivity index (χ2n) is 7.60. The van der Waals surface area contributed by atoms with Gasteiger partial charge in [0.1, 0.15) is 5.82 Å². The predicted molar refractivity (Wildman–Crippen MR) is 133 cm³/mol. The Labute approximate surface area is 205 Å². The molecule has 0 saturated carbocycles. The molecule has 9 nitrogen and oxygen atoms in total. The van der Waals surface area contributed by atoms with Gasteiger partial charge in [-0.1, -0.05) is 6.07 Å². The van der Waals surface area contributed by atoms with Crippen LogP contribution in [0.1, 0.15) is 11.3 Å². The van der Waals surface area contributed by atoms with Gasteiger partial charge in [-0.05, 0) is 48.9 Å². The smallest absolute Gasteiger partial charge is 0.249 e. The van der Waals surface area contributed by atoms with E-state index in [1.807, 2.05) is 36.6 Å². The van der Waals surface area contributed by atoms with Gasteiger partial charge in [0.25, 0.3) is 0 Å². The van der Waals surface area contributed by atoms with Gasteiger partial charge < -0.3 is 24.3 Å². The van der Waals surface area contributed by atoms with Crippen LogP contribution in [-0.2, 0) is 4.79 Å². The minimum atomic E-state index is -0.298. The van der Waals surface area contributed by atoms with Crippen LogP contribution in [0, 0.1) is 6.92 Å². The number of aromatic nitrogens is 3. The number of hydrogen-bond donors (Lipinski definition) is 1. The molecule has 178 valence electrons. The SMILES string of the molecule is COc1ccc(/C=C/C(=O)Nc2cc(C)nn2-c2nc(-c3ccc4c(c3)OCO4)cs2)cc1OC. The van der Waals surface area contributed by atoms with Crippen molar-refractivity contribution in [3.05, 3.63) is 65.2 Å². The number of rotatable bonds is 7. The van der Waals surface area contributed by atoms with Crippen molar-refractivity contribution in [3.63, 3.8) is 0 Å². The van der Waals surface area contributed by atoms with E-state index < -0.39 is 0 Å². The first-order chi connectivity index (χ1) is 17.0. The van der Waals surface area contributed by atoms with Crippen molar-refractivity contribution in [2.45, 2.75) is 6.92 Å². The van der Waals surface area contributed by atoms with Gasteiger partial charge in [0, 0.05) is 23.1 Å². The maximum absolute atomic E-state index is 12.7. The molecule has 0 unspecified atom stereocenters. The van der Waals surface area contributed by atoms with E-state index in [1.165, 1.54) is 17.4 Å². The van der Waals surface area contributed by atoms with E-state index in [9.17, 15) is 4.79 Å². The van der Waals surface area contributed by atoms with Crippen molar-refractivity contribution in [2.75, 3.05) is 26.3 Å². The quantitative estimate of drug-likeness (QED) is 0.375. The summed E-state index contributed by atoms with van der Waals surface area (Å²) >= 11 is 1.43. The lowest BCUT2D eigenvalue weighted by molar-refractivity contribution is -0.111. The van der Waals surface area contributed by atoms with E-state index in [0.29, 0.717) is 28.2 Å². The zero-order chi connectivity index (χ0) is 24.4. The van der Waals surface area contributed by atoms with Crippen LogP contribution < -0.4 is 24.3 Å². The average molecular weight is 491 g/mol. The number of carbonyl (C=O) groups is 1. The highest BCUT2D eigenvalue weighted by Gasteiger charge is 2.17. The first-order valence-electron chi connectivity index (χ1n) is 10.7. The molecule has 2 aromatic carbocycles. The highest BCUT2D eigenvalue weighted by Crippen LogP contribution is 2.36. The number of nitrogens with zero attached hydrogens (tertiary/aromatic N) is 3. The largest absolute Gasteiger partial charge is 0.493 e. The molecule has 0 fully saturated rings. The maximum Gasteiger partial charge on any atom is 0.249 e. The standard InChI is InChI=1S/C25H22N4O5S/c1-15-10-23(27-24(30)9-5-16-4-7-19(31-2)21(11-16)32-3)29(28-15)25-26-18(13-35-25)17-6-8-20-22(12-17)34-14-33-20/h4-13H,14H2,1-3H3,(H,27,30)/b9-5+. The third-order valence-corrected chi connectivity index (χ3v) is 6.08. The number of amides is 1. The fourth-order valence-electron chi connectivity index (χ4n) is 3.58. The van der Waals surface area contributed by atoms with Gasteiger partial charge >= 0.3 is 0 Å². The van der Waals surface area contributed by atoms with E-state index >= 15 is 0 Å². The number of thiazole rings is 1. The highest BCUT2D eigenvalue weighted by molar-refractivity contribution is 7.12. The second-order valence-corrected chi connectivity index (χ2v) is 8.44. The molecule has 1 aliphatic rings. The molecular weight excluding hydrogens is 468 g/mol. The van der Waals surface area contributed by atoms with Crippen LogP contribution in [-0.4, -0.2) is 41.7 Å². The summed E-state index contributed by atoms with van der Waals surface area (Å²) in [6.45, 7) is 2.08. The van der Waals surface area contributed by atoms with Gasteiger partial charge in [0.15, 0.2) is 23.0 Å². The Morgan fingerprint density at radius 2 is 1.91 bits per heavy atom. The first kappa shape index (κ1) is 22.5. The molecule has 0 spiro atoms. The van der Waals surface area contributed by atoms with Crippen LogP contribution in [0.3, 0.4) is 0 Å². The number of hydrogen-bond acceptors (Lipinski definition) is 8. The number of anilines is 1. The zero-order valence-corrected chi connectivity index (χ0v) is 20.1. The van der Waals surface area contributed by atoms with Crippen molar-refractivity contribution in [2.24, 2.45) is 0 Å². The number of nitrogens with one attached hydrogen (secondary N) is 1. The summed E-state index contributed by atoms with van der Waals surface area (Å²) in [5, 5.41) is 9.96. The lowest BCUT2D eigenvalue weighted by Gasteiger charge is -2.07. The molecule has 1 amide bonds. The molecule has 4 aromatic rings. The van der Waals surface area contributed by atoms with E-state index in [4.69, 9.17) is 23.9 Å². The molecule has 0 aliphatic carbocycles. The van der Waals surface area contributed by atoms with Crippen LogP contribution >= 0.6 is 11.3 Å². The van der Waals surface area contributed by atoms with Gasteiger partial charge in [0.05, 0.1) is 25.6 Å². The molecule has 0 saturated heterocycles. The van der Waals surface area contributed by atoms with Crippen LogP contribution in [0.2, 0.25) is 0 Å². The van der Waals surface area contributed by atoms with Crippen molar-refractivity contribution in [1.29, 1.82) is 0 Å². The van der Waals surface area contributed by atoms with Gasteiger partial charge in [-0.2, -0.15) is 9.78 Å². The molecular formula is C25H22N4O5S. The summed E-state index contributed by atoms with van der Waals surface area (Å²) in [5.74, 6) is 2.85. The number of fused-ring (bicyclic) bond motifs is 1. The predicted octanol–water partition coefficient (Wildman–Crippen LogP) is 4.70.